The van der Waals surface area contributed by atoms with Crippen LogP contribution in [0.3, 0.4) is 0 Å². The Bertz CT molecular complexity index is 453. The Kier molecular flexibility index (Phi) is 5.17. The summed E-state index contributed by atoms with van der Waals surface area (Å²) in [5, 5.41) is 6.04. The predicted octanol–water partition coefficient (Wildman–Crippen LogP) is 0.855. The molecule has 0 aromatic carbocycles. The second-order valence-electron chi connectivity index (χ2n) is 4.59. The number of ether oxygens (including phenoxy) is 1. The Morgan fingerprint density at radius 2 is 2.30 bits per heavy atom. The van der Waals surface area contributed by atoms with Gasteiger partial charge in [-0.15, -0.1) is 0 Å². The van der Waals surface area contributed by atoms with E-state index in [1.165, 1.54) is 0 Å². The van der Waals surface area contributed by atoms with Crippen LogP contribution >= 0.6 is 0 Å². The molecule has 1 aromatic rings. The Morgan fingerprint density at radius 3 is 3.05 bits per heavy atom. The van der Waals surface area contributed by atoms with Gasteiger partial charge >= 0.3 is 0 Å². The monoisotopic (exact) mass is 278 g/mol. The van der Waals surface area contributed by atoms with Crippen molar-refractivity contribution in [2.45, 2.75) is 19.9 Å². The average molecular weight is 278 g/mol. The number of nitrogens with one attached hydrogen (secondary N) is 2. The molecule has 6 heteroatoms. The van der Waals surface area contributed by atoms with Crippen molar-refractivity contribution in [3.63, 3.8) is 0 Å². The van der Waals surface area contributed by atoms with Crippen LogP contribution in [0.2, 0.25) is 0 Å². The van der Waals surface area contributed by atoms with Gasteiger partial charge in [-0.05, 0) is 26.0 Å². The second kappa shape index (κ2) is 7.09. The highest BCUT2D eigenvalue weighted by Gasteiger charge is 2.30. The normalized spacial score (nSPS) is 18.7. The summed E-state index contributed by atoms with van der Waals surface area (Å²) >= 11 is 0. The van der Waals surface area contributed by atoms with Crippen molar-refractivity contribution in [3.05, 3.63) is 18.2 Å². The molecule has 1 aromatic heterocycles. The molecule has 1 fully saturated rings. The number of likely N-dealkylation sites (N-methyl/N-ethyl adjacent to an activating group) is 1. The third-order valence-electron chi connectivity index (χ3n) is 3.17. The molecule has 2 heterocycles. The van der Waals surface area contributed by atoms with E-state index in [1.54, 1.807) is 0 Å². The topological polar surface area (TPSA) is 66.5 Å². The van der Waals surface area contributed by atoms with E-state index in [1.807, 2.05) is 36.9 Å². The number of pyridine rings is 1. The third kappa shape index (κ3) is 3.39. The van der Waals surface area contributed by atoms with Crippen molar-refractivity contribution >= 4 is 17.5 Å². The molecule has 2 rings (SSSR count). The minimum Gasteiger partial charge on any atom is -0.377 e. The Morgan fingerprint density at radius 1 is 1.45 bits per heavy atom. The fourth-order valence-electron chi connectivity index (χ4n) is 2.25. The van der Waals surface area contributed by atoms with Gasteiger partial charge in [0.15, 0.2) is 0 Å². The fourth-order valence-corrected chi connectivity index (χ4v) is 2.25. The molecular weight excluding hydrogens is 256 g/mol. The van der Waals surface area contributed by atoms with Gasteiger partial charge in [-0.2, -0.15) is 0 Å². The van der Waals surface area contributed by atoms with E-state index >= 15 is 0 Å². The van der Waals surface area contributed by atoms with E-state index in [0.717, 1.165) is 18.2 Å². The third-order valence-corrected chi connectivity index (χ3v) is 3.17. The lowest BCUT2D eigenvalue weighted by molar-refractivity contribution is -0.124. The molecule has 2 N–H and O–H groups in total. The van der Waals surface area contributed by atoms with Crippen LogP contribution in [0.15, 0.2) is 18.2 Å². The van der Waals surface area contributed by atoms with Gasteiger partial charge in [0.05, 0.1) is 13.2 Å². The Balaban J connectivity index is 2.18. The van der Waals surface area contributed by atoms with E-state index in [2.05, 4.69) is 15.6 Å². The highest BCUT2D eigenvalue weighted by atomic mass is 16.5. The first-order valence-corrected chi connectivity index (χ1v) is 7.09. The minimum atomic E-state index is -0.312. The van der Waals surface area contributed by atoms with Crippen molar-refractivity contribution in [1.29, 1.82) is 0 Å². The minimum absolute atomic E-state index is 0.0112. The van der Waals surface area contributed by atoms with Crippen molar-refractivity contribution < 1.29 is 9.53 Å². The second-order valence-corrected chi connectivity index (χ2v) is 4.59. The van der Waals surface area contributed by atoms with E-state index in [-0.39, 0.29) is 11.9 Å². The lowest BCUT2D eigenvalue weighted by Crippen LogP contribution is -2.54. The van der Waals surface area contributed by atoms with Gasteiger partial charge in [0.25, 0.3) is 0 Å². The molecule has 1 amide bonds. The first-order valence-electron chi connectivity index (χ1n) is 7.09. The zero-order valence-electron chi connectivity index (χ0n) is 12.1. The smallest absolute Gasteiger partial charge is 0.245 e. The number of hydrogen-bond acceptors (Lipinski definition) is 5. The van der Waals surface area contributed by atoms with Crippen LogP contribution in [-0.2, 0) is 9.53 Å². The SMILES string of the molecule is CCNC(=O)C1COCCN1c1cccc(NCC)n1. The van der Waals surface area contributed by atoms with Crippen molar-refractivity contribution in [3.8, 4) is 0 Å². The molecule has 0 bridgehead atoms. The zero-order valence-corrected chi connectivity index (χ0v) is 12.1. The van der Waals surface area contributed by atoms with Gasteiger partial charge in [0, 0.05) is 19.6 Å². The molecule has 0 spiro atoms. The average Bonchev–Trinajstić information content (AvgIpc) is 2.48. The lowest BCUT2D eigenvalue weighted by Gasteiger charge is -2.35. The molecule has 6 nitrogen and oxygen atoms in total. The number of carbonyl (C=O) groups is 1. The highest BCUT2D eigenvalue weighted by molar-refractivity contribution is 5.85. The Hall–Kier alpha value is -1.82. The summed E-state index contributed by atoms with van der Waals surface area (Å²) in [5.41, 5.74) is 0. The molecule has 20 heavy (non-hydrogen) atoms. The Labute approximate surface area is 119 Å². The van der Waals surface area contributed by atoms with Gasteiger partial charge in [0.2, 0.25) is 5.91 Å². The lowest BCUT2D eigenvalue weighted by atomic mass is 10.2. The quantitative estimate of drug-likeness (QED) is 0.836. The maximum absolute atomic E-state index is 12.1. The van der Waals surface area contributed by atoms with E-state index < -0.39 is 0 Å². The van der Waals surface area contributed by atoms with Gasteiger partial charge < -0.3 is 20.3 Å². The highest BCUT2D eigenvalue weighted by Crippen LogP contribution is 2.19. The van der Waals surface area contributed by atoms with E-state index in [4.69, 9.17) is 4.74 Å². The summed E-state index contributed by atoms with van der Waals surface area (Å²) in [7, 11) is 0. The van der Waals surface area contributed by atoms with Crippen LogP contribution in [0.4, 0.5) is 11.6 Å². The van der Waals surface area contributed by atoms with Gasteiger partial charge in [-0.25, -0.2) is 4.98 Å². The van der Waals surface area contributed by atoms with Crippen LogP contribution < -0.4 is 15.5 Å². The summed E-state index contributed by atoms with van der Waals surface area (Å²) in [6.45, 7) is 7.07. The fraction of sp³-hybridized carbons (Fsp3) is 0.571. The van der Waals surface area contributed by atoms with Crippen molar-refractivity contribution in [2.75, 3.05) is 43.1 Å². The molecule has 1 aliphatic rings. The predicted molar refractivity (Wildman–Crippen MR) is 79.0 cm³/mol. The van der Waals surface area contributed by atoms with Crippen molar-refractivity contribution in [1.82, 2.24) is 10.3 Å². The standard InChI is InChI=1S/C14H22N4O2/c1-3-15-12-6-5-7-13(17-12)18-8-9-20-10-11(18)14(19)16-4-2/h5-7,11H,3-4,8-10H2,1-2H3,(H,15,17)(H,16,19). The maximum Gasteiger partial charge on any atom is 0.245 e. The van der Waals surface area contributed by atoms with Crippen LogP contribution in [0, 0.1) is 0 Å². The molecule has 1 aliphatic heterocycles. The number of amides is 1. The first-order chi connectivity index (χ1) is 9.76. The van der Waals surface area contributed by atoms with Crippen LogP contribution in [0.1, 0.15) is 13.8 Å². The van der Waals surface area contributed by atoms with Crippen LogP contribution in [-0.4, -0.2) is 49.8 Å². The molecule has 1 unspecified atom stereocenters. The maximum atomic E-state index is 12.1. The molecule has 1 atom stereocenters. The summed E-state index contributed by atoms with van der Waals surface area (Å²) in [6, 6.07) is 5.49. The molecule has 0 radical (unpaired) electrons. The van der Waals surface area contributed by atoms with E-state index in [0.29, 0.717) is 26.3 Å². The summed E-state index contributed by atoms with van der Waals surface area (Å²) in [4.78, 5) is 18.7. The van der Waals surface area contributed by atoms with E-state index in [9.17, 15) is 4.79 Å². The number of hydrogen-bond donors (Lipinski definition) is 2. The molecule has 110 valence electrons. The summed E-state index contributed by atoms with van der Waals surface area (Å²) in [5.74, 6) is 1.62. The van der Waals surface area contributed by atoms with Crippen molar-refractivity contribution in [2.24, 2.45) is 0 Å². The number of nitrogens with zero attached hydrogens (tertiary/aromatic N) is 2. The van der Waals surface area contributed by atoms with Gasteiger partial charge in [-0.1, -0.05) is 6.07 Å². The van der Waals surface area contributed by atoms with Crippen LogP contribution in [0.25, 0.3) is 0 Å². The molecule has 1 saturated heterocycles. The number of morpholine rings is 1. The molecule has 0 saturated carbocycles. The summed E-state index contributed by atoms with van der Waals surface area (Å²) < 4.78 is 5.43. The largest absolute Gasteiger partial charge is 0.377 e. The van der Waals surface area contributed by atoms with Gasteiger partial charge in [0.1, 0.15) is 17.7 Å². The zero-order chi connectivity index (χ0) is 14.4. The number of aromatic nitrogens is 1. The summed E-state index contributed by atoms with van der Waals surface area (Å²) in [6.07, 6.45) is 0. The number of carbonyl (C=O) groups excluding carboxylic acids is 1. The van der Waals surface area contributed by atoms with Gasteiger partial charge in [-0.3, -0.25) is 4.79 Å². The number of anilines is 2. The first kappa shape index (κ1) is 14.6. The number of rotatable bonds is 5. The molecular formula is C14H22N4O2. The van der Waals surface area contributed by atoms with Crippen LogP contribution in [0.5, 0.6) is 0 Å². The molecule has 0 aliphatic carbocycles.